The summed E-state index contributed by atoms with van der Waals surface area (Å²) in [5.74, 6) is -0.729. The maximum absolute atomic E-state index is 13.1. The Morgan fingerprint density at radius 1 is 0.967 bits per heavy atom. The summed E-state index contributed by atoms with van der Waals surface area (Å²) in [5.41, 5.74) is 2.03. The quantitative estimate of drug-likeness (QED) is 0.543. The fourth-order valence-electron chi connectivity index (χ4n) is 3.60. The molecule has 0 saturated carbocycles. The van der Waals surface area contributed by atoms with Gasteiger partial charge in [0.25, 0.3) is 17.0 Å². The molecule has 152 valence electrons. The number of aryl methyl sites for hydroxylation is 1. The van der Waals surface area contributed by atoms with Crippen molar-refractivity contribution >= 4 is 27.6 Å². The molecule has 1 amide bonds. The van der Waals surface area contributed by atoms with Gasteiger partial charge < -0.3 is 9.67 Å². The highest BCUT2D eigenvalue weighted by atomic mass is 16.3. The number of pyridine rings is 1. The van der Waals surface area contributed by atoms with Crippen molar-refractivity contribution in [2.45, 2.75) is 26.8 Å². The van der Waals surface area contributed by atoms with Gasteiger partial charge in [-0.1, -0.05) is 37.3 Å². The number of nitrogens with zero attached hydrogens (tertiary/aromatic N) is 3. The maximum Gasteiger partial charge on any atom is 0.290 e. The first-order valence-electron chi connectivity index (χ1n) is 9.64. The number of aromatic nitrogens is 3. The number of amides is 1. The van der Waals surface area contributed by atoms with Crippen LogP contribution in [0.25, 0.3) is 21.7 Å². The summed E-state index contributed by atoms with van der Waals surface area (Å²) >= 11 is 0. The van der Waals surface area contributed by atoms with Crippen LogP contribution in [0.4, 0.5) is 0 Å². The third-order valence-corrected chi connectivity index (χ3v) is 5.06. The minimum Gasteiger partial charge on any atom is -0.505 e. The zero-order chi connectivity index (χ0) is 21.4. The number of nitrogens with one attached hydrogen (secondary N) is 1. The predicted octanol–water partition coefficient (Wildman–Crippen LogP) is 2.38. The number of hydrogen-bond acceptors (Lipinski definition) is 5. The molecule has 0 saturated heterocycles. The largest absolute Gasteiger partial charge is 0.505 e. The van der Waals surface area contributed by atoms with Crippen molar-refractivity contribution in [1.82, 2.24) is 14.2 Å². The van der Waals surface area contributed by atoms with E-state index in [0.717, 1.165) is 4.68 Å². The van der Waals surface area contributed by atoms with Crippen molar-refractivity contribution in [3.05, 3.63) is 80.8 Å². The topological polar surface area (TPSA) is 106 Å². The Morgan fingerprint density at radius 3 is 2.27 bits per heavy atom. The van der Waals surface area contributed by atoms with Crippen LogP contribution in [0.2, 0.25) is 0 Å². The van der Waals surface area contributed by atoms with Crippen LogP contribution in [0.15, 0.2) is 58.1 Å². The zero-order valence-corrected chi connectivity index (χ0v) is 16.5. The highest BCUT2D eigenvalue weighted by molar-refractivity contribution is 6.05. The lowest BCUT2D eigenvalue weighted by Crippen LogP contribution is -2.38. The lowest BCUT2D eigenvalue weighted by Gasteiger charge is -2.17. The van der Waals surface area contributed by atoms with Crippen molar-refractivity contribution in [3.63, 3.8) is 0 Å². The Hall–Kier alpha value is -3.94. The van der Waals surface area contributed by atoms with Gasteiger partial charge >= 0.3 is 0 Å². The van der Waals surface area contributed by atoms with Gasteiger partial charge in [0.05, 0.1) is 16.3 Å². The van der Waals surface area contributed by atoms with E-state index in [1.165, 1.54) is 4.57 Å². The predicted molar refractivity (Wildman–Crippen MR) is 115 cm³/mol. The van der Waals surface area contributed by atoms with Crippen LogP contribution in [0.3, 0.4) is 0 Å². The molecule has 0 radical (unpaired) electrons. The van der Waals surface area contributed by atoms with Gasteiger partial charge in [-0.2, -0.15) is 0 Å². The van der Waals surface area contributed by atoms with E-state index in [9.17, 15) is 19.5 Å². The fraction of sp³-hybridized carbons (Fsp3) is 0.182. The first kappa shape index (κ1) is 19.4. The van der Waals surface area contributed by atoms with Crippen LogP contribution in [-0.2, 0) is 13.0 Å². The van der Waals surface area contributed by atoms with Gasteiger partial charge in [-0.3, -0.25) is 19.8 Å². The molecule has 2 N–H and O–H groups in total. The van der Waals surface area contributed by atoms with Gasteiger partial charge in [0.15, 0.2) is 11.4 Å². The van der Waals surface area contributed by atoms with Crippen molar-refractivity contribution < 1.29 is 9.90 Å². The molecule has 0 unspecified atom stereocenters. The lowest BCUT2D eigenvalue weighted by molar-refractivity contribution is 0.0993. The number of benzene rings is 2. The Bertz CT molecular complexity index is 1420. The molecule has 4 rings (SSSR count). The van der Waals surface area contributed by atoms with Crippen LogP contribution < -0.4 is 16.5 Å². The average Bonchev–Trinajstić information content (AvgIpc) is 2.77. The van der Waals surface area contributed by atoms with Crippen molar-refractivity contribution in [2.24, 2.45) is 0 Å². The molecule has 0 aliphatic heterocycles. The molecule has 30 heavy (non-hydrogen) atoms. The number of carbonyl (C=O) groups excluding carboxylic acids is 1. The van der Waals surface area contributed by atoms with E-state index in [0.29, 0.717) is 28.5 Å². The Morgan fingerprint density at radius 2 is 1.60 bits per heavy atom. The Balaban J connectivity index is 1.91. The molecule has 2 aromatic carbocycles. The SMILES string of the molecule is CCc1nc2ccccc2c(=O)n1NC(=O)c1c(O)c2ccccc2c(=O)n1CC. The molecule has 2 aromatic heterocycles. The van der Waals surface area contributed by atoms with Crippen molar-refractivity contribution in [2.75, 3.05) is 5.43 Å². The van der Waals surface area contributed by atoms with Gasteiger partial charge in [-0.25, -0.2) is 9.66 Å². The molecular formula is C22H20N4O4. The molecule has 8 heteroatoms. The number of para-hydroxylation sites is 1. The van der Waals surface area contributed by atoms with Crippen LogP contribution in [-0.4, -0.2) is 25.2 Å². The summed E-state index contributed by atoms with van der Waals surface area (Å²) < 4.78 is 2.27. The van der Waals surface area contributed by atoms with Crippen molar-refractivity contribution in [3.8, 4) is 5.75 Å². The van der Waals surface area contributed by atoms with Gasteiger partial charge in [-0.15, -0.1) is 0 Å². The third kappa shape index (κ3) is 2.93. The zero-order valence-electron chi connectivity index (χ0n) is 16.5. The number of rotatable bonds is 4. The summed E-state index contributed by atoms with van der Waals surface area (Å²) in [7, 11) is 0. The van der Waals surface area contributed by atoms with Crippen LogP contribution in [0, 0.1) is 0 Å². The minimum atomic E-state index is -0.772. The summed E-state index contributed by atoms with van der Waals surface area (Å²) in [4.78, 5) is 43.4. The highest BCUT2D eigenvalue weighted by Crippen LogP contribution is 2.26. The Kier molecular flexibility index (Phi) is 4.83. The van der Waals surface area contributed by atoms with E-state index in [4.69, 9.17) is 0 Å². The molecule has 0 aliphatic carbocycles. The van der Waals surface area contributed by atoms with Gasteiger partial charge in [-0.05, 0) is 25.1 Å². The van der Waals surface area contributed by atoms with E-state index in [2.05, 4.69) is 10.4 Å². The summed E-state index contributed by atoms with van der Waals surface area (Å²) in [5, 5.41) is 11.7. The fourth-order valence-corrected chi connectivity index (χ4v) is 3.60. The molecular weight excluding hydrogens is 384 g/mol. The summed E-state index contributed by atoms with van der Waals surface area (Å²) in [6.07, 6.45) is 0.393. The van der Waals surface area contributed by atoms with E-state index in [1.807, 2.05) is 6.92 Å². The van der Waals surface area contributed by atoms with Gasteiger partial charge in [0.1, 0.15) is 5.82 Å². The second-order valence-corrected chi connectivity index (χ2v) is 6.77. The molecule has 0 spiro atoms. The van der Waals surface area contributed by atoms with Gasteiger partial charge in [0, 0.05) is 18.4 Å². The van der Waals surface area contributed by atoms with Crippen LogP contribution in [0.5, 0.6) is 5.75 Å². The first-order valence-corrected chi connectivity index (χ1v) is 9.64. The van der Waals surface area contributed by atoms with Gasteiger partial charge in [0.2, 0.25) is 0 Å². The highest BCUT2D eigenvalue weighted by Gasteiger charge is 2.23. The summed E-state index contributed by atoms with van der Waals surface area (Å²) in [6.45, 7) is 3.69. The van der Waals surface area contributed by atoms with Crippen LogP contribution >= 0.6 is 0 Å². The maximum atomic E-state index is 13.1. The van der Waals surface area contributed by atoms with E-state index >= 15 is 0 Å². The van der Waals surface area contributed by atoms with E-state index in [-0.39, 0.29) is 23.4 Å². The monoisotopic (exact) mass is 404 g/mol. The van der Waals surface area contributed by atoms with Crippen molar-refractivity contribution in [1.29, 1.82) is 0 Å². The average molecular weight is 404 g/mol. The number of aromatic hydroxyl groups is 1. The standard InChI is InChI=1S/C22H20N4O4/c1-3-17-23-16-12-8-7-11-15(16)22(30)26(17)24-20(28)18-19(27)13-9-5-6-10-14(13)21(29)25(18)4-2/h5-12,27H,3-4H2,1-2H3,(H,24,28). The smallest absolute Gasteiger partial charge is 0.290 e. The lowest BCUT2D eigenvalue weighted by atomic mass is 10.1. The minimum absolute atomic E-state index is 0.172. The molecule has 8 nitrogen and oxygen atoms in total. The van der Waals surface area contributed by atoms with Crippen LogP contribution in [0.1, 0.15) is 30.2 Å². The molecule has 0 aliphatic rings. The van der Waals surface area contributed by atoms with E-state index < -0.39 is 17.0 Å². The number of fused-ring (bicyclic) bond motifs is 2. The molecule has 4 aromatic rings. The number of hydrogen-bond donors (Lipinski definition) is 2. The molecule has 0 bridgehead atoms. The number of carbonyl (C=O) groups is 1. The molecule has 0 atom stereocenters. The summed E-state index contributed by atoms with van der Waals surface area (Å²) in [6, 6.07) is 13.4. The Labute approximate surface area is 171 Å². The first-order chi connectivity index (χ1) is 14.5. The second-order valence-electron chi connectivity index (χ2n) is 6.77. The molecule has 2 heterocycles. The third-order valence-electron chi connectivity index (χ3n) is 5.06. The molecule has 0 fully saturated rings. The second kappa shape index (κ2) is 7.47. The normalized spacial score (nSPS) is 11.1. The van der Waals surface area contributed by atoms with E-state index in [1.54, 1.807) is 55.5 Å².